The normalized spacial score (nSPS) is 10.1. The van der Waals surface area contributed by atoms with E-state index in [1.54, 1.807) is 17.0 Å². The van der Waals surface area contributed by atoms with Crippen molar-refractivity contribution in [3.05, 3.63) is 24.0 Å². The zero-order valence-electron chi connectivity index (χ0n) is 12.1. The highest BCUT2D eigenvalue weighted by atomic mass is 16.2. The molecule has 0 aliphatic rings. The second-order valence-electron chi connectivity index (χ2n) is 4.43. The van der Waals surface area contributed by atoms with Crippen LogP contribution in [0.5, 0.6) is 0 Å². The molecule has 3 N–H and O–H groups in total. The lowest BCUT2D eigenvalue weighted by molar-refractivity contribution is -0.130. The summed E-state index contributed by atoms with van der Waals surface area (Å²) in [4.78, 5) is 29.2. The second kappa shape index (κ2) is 8.14. The molecule has 110 valence electrons. The first-order valence-electron chi connectivity index (χ1n) is 6.81. The van der Waals surface area contributed by atoms with Crippen LogP contribution in [-0.2, 0) is 16.0 Å². The van der Waals surface area contributed by atoms with Crippen molar-refractivity contribution in [3.8, 4) is 0 Å². The standard InChI is InChI=1S/C14H22N4O2/c1-3-18(4-2)14(20)7-8-16-13(19)9-12-6-5-11(15)10-17-12/h5-6,10H,3-4,7-9,15H2,1-2H3,(H,16,19). The van der Waals surface area contributed by atoms with E-state index in [-0.39, 0.29) is 18.2 Å². The zero-order valence-corrected chi connectivity index (χ0v) is 12.1. The Hall–Kier alpha value is -2.11. The zero-order chi connectivity index (χ0) is 15.0. The third-order valence-electron chi connectivity index (χ3n) is 2.97. The fraction of sp³-hybridized carbons (Fsp3) is 0.500. The molecule has 0 unspecified atom stereocenters. The minimum absolute atomic E-state index is 0.0564. The first-order valence-corrected chi connectivity index (χ1v) is 6.81. The summed E-state index contributed by atoms with van der Waals surface area (Å²) >= 11 is 0. The van der Waals surface area contributed by atoms with Crippen LogP contribution in [0.2, 0.25) is 0 Å². The SMILES string of the molecule is CCN(CC)C(=O)CCNC(=O)Cc1ccc(N)cn1. The van der Waals surface area contributed by atoms with Crippen molar-refractivity contribution in [1.29, 1.82) is 0 Å². The maximum atomic E-state index is 11.7. The molecule has 1 aromatic rings. The van der Waals surface area contributed by atoms with Crippen molar-refractivity contribution in [2.45, 2.75) is 26.7 Å². The largest absolute Gasteiger partial charge is 0.397 e. The number of carbonyl (C=O) groups is 2. The van der Waals surface area contributed by atoms with E-state index in [9.17, 15) is 9.59 Å². The molecular weight excluding hydrogens is 256 g/mol. The summed E-state index contributed by atoms with van der Waals surface area (Å²) in [5, 5.41) is 2.72. The summed E-state index contributed by atoms with van der Waals surface area (Å²) in [6.07, 6.45) is 2.04. The molecule has 0 saturated heterocycles. The Morgan fingerprint density at radius 3 is 2.55 bits per heavy atom. The molecule has 0 bridgehead atoms. The number of hydrogen-bond acceptors (Lipinski definition) is 4. The second-order valence-corrected chi connectivity index (χ2v) is 4.43. The summed E-state index contributed by atoms with van der Waals surface area (Å²) in [5.74, 6) is -0.0875. The van der Waals surface area contributed by atoms with Crippen molar-refractivity contribution in [2.75, 3.05) is 25.4 Å². The van der Waals surface area contributed by atoms with Gasteiger partial charge in [0, 0.05) is 31.7 Å². The van der Waals surface area contributed by atoms with E-state index in [0.29, 0.717) is 37.4 Å². The summed E-state index contributed by atoms with van der Waals surface area (Å²) in [6, 6.07) is 3.43. The van der Waals surface area contributed by atoms with Crippen LogP contribution in [0.15, 0.2) is 18.3 Å². The fourth-order valence-electron chi connectivity index (χ4n) is 1.81. The van der Waals surface area contributed by atoms with Crippen LogP contribution in [0.3, 0.4) is 0 Å². The minimum atomic E-state index is -0.144. The van der Waals surface area contributed by atoms with Crippen LogP contribution in [0.4, 0.5) is 5.69 Å². The molecule has 20 heavy (non-hydrogen) atoms. The predicted molar refractivity (Wildman–Crippen MR) is 77.9 cm³/mol. The van der Waals surface area contributed by atoms with Gasteiger partial charge in [0.1, 0.15) is 0 Å². The molecule has 1 heterocycles. The number of nitrogens with two attached hydrogens (primary N) is 1. The Morgan fingerprint density at radius 1 is 1.30 bits per heavy atom. The monoisotopic (exact) mass is 278 g/mol. The molecule has 0 atom stereocenters. The maximum absolute atomic E-state index is 11.7. The molecule has 0 saturated carbocycles. The van der Waals surface area contributed by atoms with Gasteiger partial charge in [-0.1, -0.05) is 0 Å². The van der Waals surface area contributed by atoms with Gasteiger partial charge in [-0.05, 0) is 26.0 Å². The highest BCUT2D eigenvalue weighted by molar-refractivity contribution is 5.80. The Bertz CT molecular complexity index is 441. The smallest absolute Gasteiger partial charge is 0.226 e. The molecule has 2 amide bonds. The molecule has 1 aromatic heterocycles. The molecule has 0 fully saturated rings. The quantitative estimate of drug-likeness (QED) is 0.763. The predicted octanol–water partition coefficient (Wildman–Crippen LogP) is 0.581. The number of pyridine rings is 1. The molecule has 0 aromatic carbocycles. The van der Waals surface area contributed by atoms with Crippen LogP contribution in [0.1, 0.15) is 26.0 Å². The van der Waals surface area contributed by atoms with E-state index >= 15 is 0 Å². The lowest BCUT2D eigenvalue weighted by Crippen LogP contribution is -2.34. The van der Waals surface area contributed by atoms with Crippen LogP contribution in [0, 0.1) is 0 Å². The molecule has 0 aliphatic carbocycles. The average molecular weight is 278 g/mol. The van der Waals surface area contributed by atoms with E-state index in [4.69, 9.17) is 5.73 Å². The van der Waals surface area contributed by atoms with E-state index < -0.39 is 0 Å². The van der Waals surface area contributed by atoms with Crippen molar-refractivity contribution in [3.63, 3.8) is 0 Å². The molecular formula is C14H22N4O2. The van der Waals surface area contributed by atoms with Crippen LogP contribution >= 0.6 is 0 Å². The van der Waals surface area contributed by atoms with Gasteiger partial charge in [-0.15, -0.1) is 0 Å². The number of rotatable bonds is 7. The third-order valence-corrected chi connectivity index (χ3v) is 2.97. The average Bonchev–Trinajstić information content (AvgIpc) is 2.43. The van der Waals surface area contributed by atoms with Gasteiger partial charge >= 0.3 is 0 Å². The number of carbonyl (C=O) groups excluding carboxylic acids is 2. The third kappa shape index (κ3) is 5.26. The Kier molecular flexibility index (Phi) is 6.49. The van der Waals surface area contributed by atoms with Gasteiger partial charge in [-0.2, -0.15) is 0 Å². The number of nitrogens with one attached hydrogen (secondary N) is 1. The molecule has 0 spiro atoms. The number of nitrogens with zero attached hydrogens (tertiary/aromatic N) is 2. The Balaban J connectivity index is 2.30. The highest BCUT2D eigenvalue weighted by Crippen LogP contribution is 2.01. The van der Waals surface area contributed by atoms with Crippen molar-refractivity contribution in [1.82, 2.24) is 15.2 Å². The number of anilines is 1. The molecule has 6 nitrogen and oxygen atoms in total. The molecule has 0 aliphatic heterocycles. The van der Waals surface area contributed by atoms with Crippen LogP contribution in [-0.4, -0.2) is 41.3 Å². The van der Waals surface area contributed by atoms with E-state index in [1.807, 2.05) is 13.8 Å². The van der Waals surface area contributed by atoms with Crippen molar-refractivity contribution >= 4 is 17.5 Å². The van der Waals surface area contributed by atoms with Crippen molar-refractivity contribution < 1.29 is 9.59 Å². The highest BCUT2D eigenvalue weighted by Gasteiger charge is 2.10. The van der Waals surface area contributed by atoms with E-state index in [1.165, 1.54) is 6.20 Å². The van der Waals surface area contributed by atoms with Gasteiger partial charge in [0.15, 0.2) is 0 Å². The molecule has 1 rings (SSSR count). The number of hydrogen-bond donors (Lipinski definition) is 2. The summed E-state index contributed by atoms with van der Waals surface area (Å²) in [6.45, 7) is 5.61. The lowest BCUT2D eigenvalue weighted by atomic mass is 10.2. The Labute approximate surface area is 119 Å². The van der Waals surface area contributed by atoms with Crippen molar-refractivity contribution in [2.24, 2.45) is 0 Å². The first-order chi connectivity index (χ1) is 9.56. The summed E-state index contributed by atoms with van der Waals surface area (Å²) in [5.41, 5.74) is 6.75. The minimum Gasteiger partial charge on any atom is -0.397 e. The van der Waals surface area contributed by atoms with Crippen LogP contribution in [0.25, 0.3) is 0 Å². The number of amides is 2. The van der Waals surface area contributed by atoms with Gasteiger partial charge in [0.2, 0.25) is 11.8 Å². The molecule has 6 heteroatoms. The summed E-state index contributed by atoms with van der Waals surface area (Å²) in [7, 11) is 0. The lowest BCUT2D eigenvalue weighted by Gasteiger charge is -2.18. The fourth-order valence-corrected chi connectivity index (χ4v) is 1.81. The number of nitrogen functional groups attached to an aromatic ring is 1. The van der Waals surface area contributed by atoms with Gasteiger partial charge in [-0.3, -0.25) is 14.6 Å². The van der Waals surface area contributed by atoms with Crippen LogP contribution < -0.4 is 11.1 Å². The maximum Gasteiger partial charge on any atom is 0.226 e. The van der Waals surface area contributed by atoms with E-state index in [2.05, 4.69) is 10.3 Å². The van der Waals surface area contributed by atoms with Gasteiger partial charge in [-0.25, -0.2) is 0 Å². The van der Waals surface area contributed by atoms with E-state index in [0.717, 1.165) is 0 Å². The van der Waals surface area contributed by atoms with Gasteiger partial charge in [0.05, 0.1) is 18.3 Å². The Morgan fingerprint density at radius 2 is 2.00 bits per heavy atom. The van der Waals surface area contributed by atoms with Gasteiger partial charge in [0.25, 0.3) is 0 Å². The first kappa shape index (κ1) is 15.9. The molecule has 0 radical (unpaired) electrons. The summed E-state index contributed by atoms with van der Waals surface area (Å²) < 4.78 is 0. The topological polar surface area (TPSA) is 88.3 Å². The van der Waals surface area contributed by atoms with Gasteiger partial charge < -0.3 is 16.0 Å². The number of aromatic nitrogens is 1.